The zero-order valence-electron chi connectivity index (χ0n) is 12.4. The number of aliphatic carboxylic acids is 1. The van der Waals surface area contributed by atoms with E-state index in [1.165, 1.54) is 0 Å². The Hall–Kier alpha value is -2.99. The highest BCUT2D eigenvalue weighted by Crippen LogP contribution is 2.25. The molecule has 1 aromatic heterocycles. The molecule has 0 aliphatic carbocycles. The molecule has 0 amide bonds. The SMILES string of the molecule is NCc1nnn(-c2ccc(CC(=O)O)cc2)c1-c1ccccc1. The number of nitrogens with zero attached hydrogens (tertiary/aromatic N) is 3. The van der Waals surface area contributed by atoms with Gasteiger partial charge in [0.1, 0.15) is 5.69 Å². The summed E-state index contributed by atoms with van der Waals surface area (Å²) in [4.78, 5) is 10.8. The number of rotatable bonds is 5. The van der Waals surface area contributed by atoms with Crippen LogP contribution in [0.5, 0.6) is 0 Å². The lowest BCUT2D eigenvalue weighted by atomic mass is 10.1. The summed E-state index contributed by atoms with van der Waals surface area (Å²) < 4.78 is 1.72. The summed E-state index contributed by atoms with van der Waals surface area (Å²) >= 11 is 0. The fourth-order valence-electron chi connectivity index (χ4n) is 2.45. The maximum atomic E-state index is 10.8. The molecule has 0 saturated carbocycles. The van der Waals surface area contributed by atoms with E-state index < -0.39 is 5.97 Å². The van der Waals surface area contributed by atoms with Crippen LogP contribution in [0, 0.1) is 0 Å². The zero-order chi connectivity index (χ0) is 16.2. The molecule has 0 spiro atoms. The number of aromatic nitrogens is 3. The highest BCUT2D eigenvalue weighted by molar-refractivity contribution is 5.70. The number of hydrogen-bond acceptors (Lipinski definition) is 4. The van der Waals surface area contributed by atoms with Crippen molar-refractivity contribution in [1.29, 1.82) is 0 Å². The van der Waals surface area contributed by atoms with Gasteiger partial charge in [-0.2, -0.15) is 0 Å². The molecule has 0 aliphatic rings. The molecule has 6 nitrogen and oxygen atoms in total. The van der Waals surface area contributed by atoms with E-state index in [9.17, 15) is 4.79 Å². The third-order valence-corrected chi connectivity index (χ3v) is 3.52. The van der Waals surface area contributed by atoms with Crippen LogP contribution in [0.25, 0.3) is 16.9 Å². The summed E-state index contributed by atoms with van der Waals surface area (Å²) in [6.07, 6.45) is -0.00275. The van der Waals surface area contributed by atoms with Gasteiger partial charge >= 0.3 is 5.97 Å². The molecule has 6 heteroatoms. The molecule has 0 radical (unpaired) electrons. The van der Waals surface area contributed by atoms with E-state index >= 15 is 0 Å². The Morgan fingerprint density at radius 1 is 1.09 bits per heavy atom. The van der Waals surface area contributed by atoms with Crippen LogP contribution in [0.3, 0.4) is 0 Å². The molecule has 0 saturated heterocycles. The van der Waals surface area contributed by atoms with E-state index in [1.807, 2.05) is 42.5 Å². The molecular weight excluding hydrogens is 292 g/mol. The Labute approximate surface area is 133 Å². The normalized spacial score (nSPS) is 10.7. The highest BCUT2D eigenvalue weighted by atomic mass is 16.4. The molecule has 23 heavy (non-hydrogen) atoms. The minimum absolute atomic E-state index is 0.00275. The summed E-state index contributed by atoms with van der Waals surface area (Å²) in [5.41, 5.74) is 9.86. The van der Waals surface area contributed by atoms with Gasteiger partial charge in [-0.25, -0.2) is 4.68 Å². The van der Waals surface area contributed by atoms with Crippen LogP contribution in [0.1, 0.15) is 11.3 Å². The van der Waals surface area contributed by atoms with Crippen LogP contribution in [0.15, 0.2) is 54.6 Å². The largest absolute Gasteiger partial charge is 0.481 e. The summed E-state index contributed by atoms with van der Waals surface area (Å²) in [5, 5.41) is 17.2. The Kier molecular flexibility index (Phi) is 4.16. The van der Waals surface area contributed by atoms with Crippen molar-refractivity contribution in [2.45, 2.75) is 13.0 Å². The molecule has 2 aromatic carbocycles. The van der Waals surface area contributed by atoms with E-state index in [4.69, 9.17) is 10.8 Å². The Morgan fingerprint density at radius 3 is 2.39 bits per heavy atom. The predicted molar refractivity (Wildman–Crippen MR) is 86.0 cm³/mol. The predicted octanol–water partition coefficient (Wildman–Crippen LogP) is 2.02. The first-order valence-electron chi connectivity index (χ1n) is 7.20. The third-order valence-electron chi connectivity index (χ3n) is 3.52. The van der Waals surface area contributed by atoms with Crippen molar-refractivity contribution < 1.29 is 9.90 Å². The van der Waals surface area contributed by atoms with Gasteiger partial charge in [-0.1, -0.05) is 47.7 Å². The van der Waals surface area contributed by atoms with Gasteiger partial charge in [0.05, 0.1) is 17.8 Å². The average Bonchev–Trinajstić information content (AvgIpc) is 3.00. The van der Waals surface area contributed by atoms with Gasteiger partial charge in [0, 0.05) is 12.1 Å². The Bertz CT molecular complexity index is 810. The van der Waals surface area contributed by atoms with E-state index in [0.29, 0.717) is 12.2 Å². The second-order valence-corrected chi connectivity index (χ2v) is 5.10. The summed E-state index contributed by atoms with van der Waals surface area (Å²) in [6.45, 7) is 0.293. The van der Waals surface area contributed by atoms with Crippen molar-refractivity contribution in [3.8, 4) is 16.9 Å². The van der Waals surface area contributed by atoms with E-state index in [1.54, 1.807) is 16.8 Å². The van der Waals surface area contributed by atoms with E-state index in [-0.39, 0.29) is 6.42 Å². The van der Waals surface area contributed by atoms with Crippen molar-refractivity contribution in [1.82, 2.24) is 15.0 Å². The number of benzene rings is 2. The molecule has 0 fully saturated rings. The van der Waals surface area contributed by atoms with Gasteiger partial charge in [-0.15, -0.1) is 5.10 Å². The fraction of sp³-hybridized carbons (Fsp3) is 0.118. The second kappa shape index (κ2) is 6.41. The van der Waals surface area contributed by atoms with Gasteiger partial charge in [0.25, 0.3) is 0 Å². The number of carboxylic acid groups (broad SMARTS) is 1. The first kappa shape index (κ1) is 14.9. The van der Waals surface area contributed by atoms with Gasteiger partial charge in [0.15, 0.2) is 0 Å². The Morgan fingerprint density at radius 2 is 1.78 bits per heavy atom. The first-order valence-corrected chi connectivity index (χ1v) is 7.20. The number of carboxylic acids is 1. The van der Waals surface area contributed by atoms with Gasteiger partial charge in [-0.3, -0.25) is 4.79 Å². The quantitative estimate of drug-likeness (QED) is 0.752. The minimum atomic E-state index is -0.853. The number of hydrogen-bond donors (Lipinski definition) is 2. The molecule has 0 atom stereocenters. The molecule has 0 unspecified atom stereocenters. The van der Waals surface area contributed by atoms with Crippen LogP contribution < -0.4 is 5.73 Å². The van der Waals surface area contributed by atoms with Crippen LogP contribution in [-0.2, 0) is 17.8 Å². The topological polar surface area (TPSA) is 94.0 Å². The molecule has 3 aromatic rings. The minimum Gasteiger partial charge on any atom is -0.481 e. The second-order valence-electron chi connectivity index (χ2n) is 5.10. The van der Waals surface area contributed by atoms with Gasteiger partial charge < -0.3 is 10.8 Å². The van der Waals surface area contributed by atoms with Gasteiger partial charge in [0.2, 0.25) is 0 Å². The number of nitrogens with two attached hydrogens (primary N) is 1. The van der Waals surface area contributed by atoms with Crippen molar-refractivity contribution in [2.75, 3.05) is 0 Å². The smallest absolute Gasteiger partial charge is 0.307 e. The zero-order valence-corrected chi connectivity index (χ0v) is 12.4. The van der Waals surface area contributed by atoms with E-state index in [2.05, 4.69) is 10.3 Å². The molecule has 3 rings (SSSR count). The van der Waals surface area contributed by atoms with Crippen molar-refractivity contribution in [3.05, 3.63) is 65.9 Å². The first-order chi connectivity index (χ1) is 11.2. The lowest BCUT2D eigenvalue weighted by Crippen LogP contribution is -2.03. The maximum absolute atomic E-state index is 10.8. The van der Waals surface area contributed by atoms with Crippen LogP contribution in [0.4, 0.5) is 0 Å². The fourth-order valence-corrected chi connectivity index (χ4v) is 2.45. The lowest BCUT2D eigenvalue weighted by Gasteiger charge is -2.08. The Balaban J connectivity index is 2.03. The molecule has 0 bridgehead atoms. The summed E-state index contributed by atoms with van der Waals surface area (Å²) in [6, 6.07) is 17.0. The maximum Gasteiger partial charge on any atom is 0.307 e. The monoisotopic (exact) mass is 308 g/mol. The lowest BCUT2D eigenvalue weighted by molar-refractivity contribution is -0.136. The molecule has 3 N–H and O–H groups in total. The number of carbonyl (C=O) groups is 1. The standard InChI is InChI=1S/C17H16N4O2/c18-11-15-17(13-4-2-1-3-5-13)21(20-19-15)14-8-6-12(7-9-14)10-16(22)23/h1-9H,10-11,18H2,(H,22,23). The molecular formula is C17H16N4O2. The average molecular weight is 308 g/mol. The van der Waals surface area contributed by atoms with Gasteiger partial charge in [-0.05, 0) is 17.7 Å². The molecule has 1 heterocycles. The highest BCUT2D eigenvalue weighted by Gasteiger charge is 2.15. The van der Waals surface area contributed by atoms with Crippen molar-refractivity contribution in [3.63, 3.8) is 0 Å². The molecule has 116 valence electrons. The van der Waals surface area contributed by atoms with E-state index in [0.717, 1.165) is 22.5 Å². The van der Waals surface area contributed by atoms with Crippen LogP contribution >= 0.6 is 0 Å². The summed E-state index contributed by atoms with van der Waals surface area (Å²) in [7, 11) is 0. The van der Waals surface area contributed by atoms with Crippen LogP contribution in [0.2, 0.25) is 0 Å². The summed E-state index contributed by atoms with van der Waals surface area (Å²) in [5.74, 6) is -0.853. The third kappa shape index (κ3) is 3.12. The van der Waals surface area contributed by atoms with Crippen LogP contribution in [-0.4, -0.2) is 26.1 Å². The van der Waals surface area contributed by atoms with Crippen molar-refractivity contribution >= 4 is 5.97 Å². The molecule has 0 aliphatic heterocycles. The van der Waals surface area contributed by atoms with Crippen molar-refractivity contribution in [2.24, 2.45) is 5.73 Å².